The molecular weight excluding hydrogens is 506 g/mol. The zero-order valence-electron chi connectivity index (χ0n) is 31.3. The maximum atomic E-state index is 3.96. The third-order valence-corrected chi connectivity index (χ3v) is 5.12. The molecule has 0 bridgehead atoms. The Morgan fingerprint density at radius 3 is 1.48 bits per heavy atom. The van der Waals surface area contributed by atoms with E-state index < -0.39 is 0 Å². The van der Waals surface area contributed by atoms with Crippen LogP contribution >= 0.6 is 0 Å². The third kappa shape index (κ3) is 44.8. The SMILES string of the molecule is C.C/C=C\CC.C=CCC(C)(C)/C(=C/C=C(/C=C(/C=C)CCC)CCC)N(C)CC.CC.CC#CC.CCC.CCC. The fourth-order valence-corrected chi connectivity index (χ4v) is 3.18. The predicted molar refractivity (Wildman–Crippen MR) is 205 cm³/mol. The Balaban J connectivity index is -0.000000111. The monoisotopic (exact) mass is 588 g/mol. The van der Waals surface area contributed by atoms with Crippen molar-refractivity contribution < 1.29 is 0 Å². The van der Waals surface area contributed by atoms with Crippen LogP contribution < -0.4 is 0 Å². The van der Waals surface area contributed by atoms with Gasteiger partial charge >= 0.3 is 0 Å². The van der Waals surface area contributed by atoms with Gasteiger partial charge in [0, 0.05) is 24.7 Å². The van der Waals surface area contributed by atoms with Gasteiger partial charge in [0.2, 0.25) is 0 Å². The molecule has 0 aromatic carbocycles. The molecule has 0 unspecified atom stereocenters. The molecule has 0 aliphatic rings. The third-order valence-electron chi connectivity index (χ3n) is 5.12. The van der Waals surface area contributed by atoms with Gasteiger partial charge in [-0.1, -0.05) is 152 Å². The van der Waals surface area contributed by atoms with Crippen molar-refractivity contribution in [3.63, 3.8) is 0 Å². The molecular formula is C41H81N. The lowest BCUT2D eigenvalue weighted by molar-refractivity contribution is 0.302. The van der Waals surface area contributed by atoms with Crippen molar-refractivity contribution in [2.45, 2.75) is 163 Å². The summed E-state index contributed by atoms with van der Waals surface area (Å²) < 4.78 is 0. The topological polar surface area (TPSA) is 3.24 Å². The Kier molecular flexibility index (Phi) is 64.3. The normalized spacial score (nSPS) is 10.4. The number of hydrogen-bond donors (Lipinski definition) is 0. The highest BCUT2D eigenvalue weighted by atomic mass is 15.1. The molecule has 1 heteroatoms. The summed E-state index contributed by atoms with van der Waals surface area (Å²) in [5.41, 5.74) is 4.18. The molecule has 0 heterocycles. The Hall–Kier alpha value is -2.20. The van der Waals surface area contributed by atoms with E-state index in [1.165, 1.54) is 29.7 Å². The molecule has 0 radical (unpaired) electrons. The van der Waals surface area contributed by atoms with Crippen LogP contribution in [0.5, 0.6) is 0 Å². The van der Waals surface area contributed by atoms with Gasteiger partial charge in [0.15, 0.2) is 0 Å². The van der Waals surface area contributed by atoms with Gasteiger partial charge in [-0.25, -0.2) is 0 Å². The second-order valence-corrected chi connectivity index (χ2v) is 10.00. The standard InChI is InChI=1S/C23H39N.C5H10.C4H6.2C3H8.C2H6.CH4/c1-9-14-20(12-4)19-21(15-10-2)16-17-22(24(8)13-5)23(6,7)18-11-3;1-3-5-4-2;1-3-4-2;2*1-3-2;1-2;/h11-12,16-17,19H,3-4,9-10,13-15,18H2,1-2,5-8H3;3,5H,4H2,1-2H3;1-2H3;2*3H2,1-2H3;1-2H3;1H4/b20-19-,21-16+,22-17-;5-3-;;;;;. The second kappa shape index (κ2) is 48.5. The largest absolute Gasteiger partial charge is 0.378 e. The zero-order valence-corrected chi connectivity index (χ0v) is 31.3. The smallest absolute Gasteiger partial charge is 0.0190 e. The summed E-state index contributed by atoms with van der Waals surface area (Å²) in [5, 5.41) is 0. The highest BCUT2D eigenvalue weighted by Crippen LogP contribution is 2.32. The highest BCUT2D eigenvalue weighted by molar-refractivity contribution is 5.33. The van der Waals surface area contributed by atoms with Crippen molar-refractivity contribution in [3.05, 3.63) is 72.5 Å². The van der Waals surface area contributed by atoms with E-state index in [1.807, 2.05) is 46.8 Å². The Labute approximate surface area is 270 Å². The summed E-state index contributed by atoms with van der Waals surface area (Å²) in [6.45, 7) is 40.4. The maximum absolute atomic E-state index is 3.96. The first-order valence-electron chi connectivity index (χ1n) is 16.5. The molecule has 0 aromatic rings. The van der Waals surface area contributed by atoms with E-state index in [0.29, 0.717) is 0 Å². The minimum absolute atomic E-state index is 0. The van der Waals surface area contributed by atoms with Crippen molar-refractivity contribution >= 4 is 0 Å². The van der Waals surface area contributed by atoms with E-state index in [-0.39, 0.29) is 12.8 Å². The summed E-state index contributed by atoms with van der Waals surface area (Å²) in [5.74, 6) is 5.36. The van der Waals surface area contributed by atoms with Crippen LogP contribution in [0.4, 0.5) is 0 Å². The van der Waals surface area contributed by atoms with E-state index in [9.17, 15) is 0 Å². The molecule has 0 rings (SSSR count). The lowest BCUT2D eigenvalue weighted by atomic mass is 9.84. The first-order chi connectivity index (χ1) is 19.5. The fourth-order valence-electron chi connectivity index (χ4n) is 3.18. The van der Waals surface area contributed by atoms with Gasteiger partial charge in [0.05, 0.1) is 0 Å². The molecule has 0 saturated carbocycles. The Morgan fingerprint density at radius 2 is 1.21 bits per heavy atom. The van der Waals surface area contributed by atoms with Crippen LogP contribution in [0.3, 0.4) is 0 Å². The molecule has 0 fully saturated rings. The molecule has 0 amide bonds. The molecule has 1 nitrogen and oxygen atoms in total. The lowest BCUT2D eigenvalue weighted by Crippen LogP contribution is -2.28. The molecule has 42 heavy (non-hydrogen) atoms. The van der Waals surface area contributed by atoms with Crippen molar-refractivity contribution in [1.29, 1.82) is 0 Å². The van der Waals surface area contributed by atoms with Crippen molar-refractivity contribution in [2.75, 3.05) is 13.6 Å². The molecule has 0 aliphatic heterocycles. The minimum Gasteiger partial charge on any atom is -0.378 e. The minimum atomic E-state index is 0. The van der Waals surface area contributed by atoms with Crippen molar-refractivity contribution in [1.82, 2.24) is 4.90 Å². The quantitative estimate of drug-likeness (QED) is 0.118. The van der Waals surface area contributed by atoms with E-state index in [4.69, 9.17) is 0 Å². The van der Waals surface area contributed by atoms with Crippen LogP contribution in [0, 0.1) is 17.3 Å². The van der Waals surface area contributed by atoms with Gasteiger partial charge in [-0.3, -0.25) is 0 Å². The van der Waals surface area contributed by atoms with Crippen LogP contribution in [-0.4, -0.2) is 18.5 Å². The predicted octanol–water partition coefficient (Wildman–Crippen LogP) is 14.6. The molecule has 0 saturated heterocycles. The highest BCUT2D eigenvalue weighted by Gasteiger charge is 2.23. The molecule has 0 atom stereocenters. The second-order valence-electron chi connectivity index (χ2n) is 10.00. The first kappa shape index (κ1) is 55.7. The molecule has 0 spiro atoms. The number of nitrogens with zero attached hydrogens (tertiary/aromatic N) is 1. The zero-order chi connectivity index (χ0) is 33.5. The van der Waals surface area contributed by atoms with Crippen LogP contribution in [0.2, 0.25) is 0 Å². The van der Waals surface area contributed by atoms with Gasteiger partial charge in [-0.2, -0.15) is 0 Å². The Morgan fingerprint density at radius 1 is 0.786 bits per heavy atom. The van der Waals surface area contributed by atoms with Gasteiger partial charge in [-0.15, -0.1) is 18.4 Å². The number of hydrogen-bond acceptors (Lipinski definition) is 1. The van der Waals surface area contributed by atoms with Crippen LogP contribution in [-0.2, 0) is 0 Å². The summed E-state index contributed by atoms with van der Waals surface area (Å²) in [6, 6.07) is 0. The average molecular weight is 588 g/mol. The van der Waals surface area contributed by atoms with Crippen LogP contribution in [0.15, 0.2) is 72.5 Å². The molecule has 0 N–H and O–H groups in total. The summed E-state index contributed by atoms with van der Waals surface area (Å²) in [4.78, 5) is 2.34. The first-order valence-corrected chi connectivity index (χ1v) is 16.5. The summed E-state index contributed by atoms with van der Waals surface area (Å²) in [7, 11) is 2.17. The fraction of sp³-hybridized carbons (Fsp3) is 0.659. The van der Waals surface area contributed by atoms with E-state index >= 15 is 0 Å². The van der Waals surface area contributed by atoms with Gasteiger partial charge < -0.3 is 4.90 Å². The van der Waals surface area contributed by atoms with Crippen LogP contribution in [0.1, 0.15) is 163 Å². The molecule has 250 valence electrons. The molecule has 0 aromatic heterocycles. The van der Waals surface area contributed by atoms with Crippen molar-refractivity contribution in [2.24, 2.45) is 5.41 Å². The average Bonchev–Trinajstić information content (AvgIpc) is 2.95. The summed E-state index contributed by atoms with van der Waals surface area (Å²) >= 11 is 0. The van der Waals surface area contributed by atoms with E-state index in [1.54, 1.807) is 0 Å². The van der Waals surface area contributed by atoms with Gasteiger partial charge in [0.1, 0.15) is 0 Å². The Bertz CT molecular complexity index is 693. The summed E-state index contributed by atoms with van der Waals surface area (Å²) in [6.07, 6.45) is 24.3. The van der Waals surface area contributed by atoms with E-state index in [2.05, 4.69) is 137 Å². The molecule has 0 aliphatic carbocycles. The van der Waals surface area contributed by atoms with Crippen molar-refractivity contribution in [3.8, 4) is 11.8 Å². The van der Waals surface area contributed by atoms with Crippen LogP contribution in [0.25, 0.3) is 0 Å². The van der Waals surface area contributed by atoms with Gasteiger partial charge in [-0.05, 0) is 70.6 Å². The maximum Gasteiger partial charge on any atom is 0.0190 e. The number of allylic oxidation sites excluding steroid dienone is 10. The van der Waals surface area contributed by atoms with E-state index in [0.717, 1.165) is 45.1 Å². The number of rotatable bonds is 13. The van der Waals surface area contributed by atoms with Gasteiger partial charge in [0.25, 0.3) is 0 Å². The lowest BCUT2D eigenvalue weighted by Gasteiger charge is -2.34.